The summed E-state index contributed by atoms with van der Waals surface area (Å²) in [6.07, 6.45) is 3.53. The van der Waals surface area contributed by atoms with Gasteiger partial charge in [-0.2, -0.15) is 0 Å². The van der Waals surface area contributed by atoms with Gasteiger partial charge in [0, 0.05) is 47.7 Å². The number of cyclic esters (lactones) is 1. The van der Waals surface area contributed by atoms with Crippen LogP contribution in [-0.4, -0.2) is 142 Å². The largest absolute Gasteiger partial charge is 0.480 e. The number of carbonyl (C=O) groups is 10. The van der Waals surface area contributed by atoms with E-state index in [2.05, 4.69) is 37.2 Å². The van der Waals surface area contributed by atoms with E-state index >= 15 is 4.39 Å². The van der Waals surface area contributed by atoms with E-state index in [1.807, 2.05) is 0 Å². The Morgan fingerprint density at radius 2 is 1.54 bits per heavy atom. The molecule has 4 aromatic rings. The summed E-state index contributed by atoms with van der Waals surface area (Å²) in [5.74, 6) is -8.68. The number of nitrogens with one attached hydrogen (secondary N) is 7. The smallest absolute Gasteiger partial charge is 0.343 e. The first-order valence-electron chi connectivity index (χ1n) is 26.4. The van der Waals surface area contributed by atoms with E-state index in [-0.39, 0.29) is 43.0 Å². The molecule has 2 aromatic carbocycles. The number of amides is 8. The minimum atomic E-state index is -2.07. The molecule has 2 aromatic heterocycles. The van der Waals surface area contributed by atoms with Crippen LogP contribution in [0.3, 0.4) is 0 Å². The second-order valence-electron chi connectivity index (χ2n) is 20.4. The third-order valence-corrected chi connectivity index (χ3v) is 15.1. The van der Waals surface area contributed by atoms with E-state index < -0.39 is 140 Å². The van der Waals surface area contributed by atoms with Crippen LogP contribution in [0.4, 0.5) is 4.39 Å². The number of rotatable bonds is 24. The number of imide groups is 1. The van der Waals surface area contributed by atoms with Crippen LogP contribution >= 0.6 is 0 Å². The predicted octanol–water partition coefficient (Wildman–Crippen LogP) is -1.07. The van der Waals surface area contributed by atoms with Gasteiger partial charge in [-0.25, -0.2) is 14.2 Å². The van der Waals surface area contributed by atoms with Crippen LogP contribution in [0.5, 0.6) is 0 Å². The minimum absolute atomic E-state index is 0.0314. The van der Waals surface area contributed by atoms with Crippen molar-refractivity contribution in [2.45, 2.75) is 102 Å². The average molecular weight is 1120 g/mol. The van der Waals surface area contributed by atoms with Crippen LogP contribution < -0.4 is 42.8 Å². The van der Waals surface area contributed by atoms with E-state index in [1.165, 1.54) is 10.6 Å². The topological polar surface area (TPSA) is 352 Å². The van der Waals surface area contributed by atoms with Gasteiger partial charge in [-0.1, -0.05) is 50.1 Å². The molecule has 5 atom stereocenters. The summed E-state index contributed by atoms with van der Waals surface area (Å²) in [5.41, 5.74) is 1.73. The van der Waals surface area contributed by atoms with Gasteiger partial charge in [0.15, 0.2) is 5.60 Å². The fourth-order valence-electron chi connectivity index (χ4n) is 10.6. The van der Waals surface area contributed by atoms with Gasteiger partial charge >= 0.3 is 11.9 Å². The molecule has 2 aliphatic carbocycles. The molecule has 26 heteroatoms. The average Bonchev–Trinajstić information content (AvgIpc) is 4.08. The van der Waals surface area contributed by atoms with Gasteiger partial charge in [0.1, 0.15) is 37.3 Å². The van der Waals surface area contributed by atoms with Gasteiger partial charge in [-0.15, -0.1) is 0 Å². The van der Waals surface area contributed by atoms with Gasteiger partial charge in [-0.3, -0.25) is 52.8 Å². The summed E-state index contributed by atoms with van der Waals surface area (Å²) in [6.45, 7) is -0.425. The first-order chi connectivity index (χ1) is 38.8. The Bertz CT molecular complexity index is 3360. The SMILES string of the molecule is CC[C@@]1(O)C(=O)OCc2c1cc1n(c2=O)Cc2c-1nc1cc(F)c(C)c3c1c2[C@@H](NC(=O)[C@H](CC1CC1)OCNC(=O)CNC(=O)[C@H](Cc1ccccc1)NC(=O)CNC(=O)CNC(=O)[C@@H](CNCC(=O)O)N1C(=O)C=CC1=O)CC3. The lowest BCUT2D eigenvalue weighted by Gasteiger charge is -2.31. The summed E-state index contributed by atoms with van der Waals surface area (Å²) in [5, 5.41) is 38.8. The molecule has 9 N–H and O–H groups in total. The Morgan fingerprint density at radius 3 is 2.23 bits per heavy atom. The Kier molecular flexibility index (Phi) is 16.8. The summed E-state index contributed by atoms with van der Waals surface area (Å²) in [6, 6.07) is 8.07. The quantitative estimate of drug-likeness (QED) is 0.0202. The number of aliphatic carboxylic acids is 1. The molecule has 1 saturated carbocycles. The van der Waals surface area contributed by atoms with Crippen LogP contribution in [0.1, 0.15) is 84.0 Å². The molecule has 0 spiro atoms. The number of benzene rings is 2. The van der Waals surface area contributed by atoms with Gasteiger partial charge in [0.25, 0.3) is 17.4 Å². The van der Waals surface area contributed by atoms with Crippen LogP contribution in [0.15, 0.2) is 59.4 Å². The number of aliphatic hydroxyl groups is 1. The number of aromatic nitrogens is 2. The van der Waals surface area contributed by atoms with E-state index in [0.717, 1.165) is 30.6 Å². The van der Waals surface area contributed by atoms with Crippen molar-refractivity contribution < 1.29 is 72.0 Å². The normalized spacial score (nSPS) is 18.6. The molecule has 9 rings (SSSR count). The second-order valence-corrected chi connectivity index (χ2v) is 20.4. The number of halogens is 1. The standard InChI is InChI=1S/C55H59FN10O15/c1-3-55(79)33-17-38-49-31(24-65(38)53(77)32(33)25-80-54(55)78)48-35(12-11-30-27(2)34(56)18-36(63-49)47(30)48)64-52(76)40(16-29-9-10-29)81-26-61-42(68)21-59-50(74)37(15-28-7-5-4-6-8-28)62-43(69)22-58-41(67)20-60-51(75)39(19-57-23-46(72)73)66-44(70)13-14-45(66)71/h4-8,13-14,17-18,29,35,37,39-40,57,79H,3,9-12,15-16,19-26H2,1-2H3,(H,58,67)(H,59,74)(H,60,75)(H,61,68)(H,62,69)(H,64,76)(H,72,73)/t35-,37-,39+,40-,55-/m0/s1. The first kappa shape index (κ1) is 57.0. The number of carboxylic acids is 1. The van der Waals surface area contributed by atoms with Gasteiger partial charge in [0.05, 0.1) is 61.2 Å². The first-order valence-corrected chi connectivity index (χ1v) is 26.4. The molecule has 3 aliphatic heterocycles. The molecule has 25 nitrogen and oxygen atoms in total. The Labute approximate surface area is 460 Å². The molecule has 0 unspecified atom stereocenters. The van der Waals surface area contributed by atoms with Crippen LogP contribution in [-0.2, 0) is 89.0 Å². The molecule has 1 fully saturated rings. The lowest BCUT2D eigenvalue weighted by molar-refractivity contribution is -0.172. The predicted molar refractivity (Wildman–Crippen MR) is 280 cm³/mol. The molecule has 0 radical (unpaired) electrons. The molecular formula is C55H59FN10O15. The summed E-state index contributed by atoms with van der Waals surface area (Å²) in [4.78, 5) is 148. The molecule has 5 aliphatic rings. The van der Waals surface area contributed by atoms with Crippen molar-refractivity contribution in [3.63, 3.8) is 0 Å². The van der Waals surface area contributed by atoms with Gasteiger partial charge in [0.2, 0.25) is 35.4 Å². The zero-order chi connectivity index (χ0) is 57.9. The van der Waals surface area contributed by atoms with Crippen molar-refractivity contribution in [1.29, 1.82) is 0 Å². The van der Waals surface area contributed by atoms with Gasteiger partial charge < -0.3 is 61.5 Å². The van der Waals surface area contributed by atoms with Crippen LogP contribution in [0.2, 0.25) is 0 Å². The van der Waals surface area contributed by atoms with Crippen molar-refractivity contribution >= 4 is 70.1 Å². The van der Waals surface area contributed by atoms with Gasteiger partial charge in [-0.05, 0) is 66.8 Å². The Morgan fingerprint density at radius 1 is 0.852 bits per heavy atom. The number of esters is 1. The van der Waals surface area contributed by atoms with Crippen LogP contribution in [0.25, 0.3) is 22.3 Å². The third kappa shape index (κ3) is 12.2. The van der Waals surface area contributed by atoms with Crippen molar-refractivity contribution in [2.24, 2.45) is 5.92 Å². The molecule has 8 amide bonds. The lowest BCUT2D eigenvalue weighted by atomic mass is 9.81. The monoisotopic (exact) mass is 1120 g/mol. The maximum absolute atomic E-state index is 15.5. The van der Waals surface area contributed by atoms with E-state index in [0.29, 0.717) is 68.7 Å². The molecular weight excluding hydrogens is 1060 g/mol. The second kappa shape index (κ2) is 23.9. The van der Waals surface area contributed by atoms with E-state index in [1.54, 1.807) is 50.2 Å². The number of hydrogen-bond donors (Lipinski definition) is 9. The Hall–Kier alpha value is -8.75. The van der Waals surface area contributed by atoms with Crippen molar-refractivity contribution in [2.75, 3.05) is 39.5 Å². The lowest BCUT2D eigenvalue weighted by Crippen LogP contribution is -2.56. The zero-order valence-electron chi connectivity index (χ0n) is 44.1. The number of carbonyl (C=O) groups excluding carboxylic acids is 9. The summed E-state index contributed by atoms with van der Waals surface area (Å²) < 4.78 is 28.3. The number of nitrogens with zero attached hydrogens (tertiary/aromatic N) is 3. The van der Waals surface area contributed by atoms with Crippen molar-refractivity contribution in [1.82, 2.24) is 51.7 Å². The molecule has 0 bridgehead atoms. The minimum Gasteiger partial charge on any atom is -0.480 e. The molecule has 426 valence electrons. The highest BCUT2D eigenvalue weighted by molar-refractivity contribution is 6.15. The summed E-state index contributed by atoms with van der Waals surface area (Å²) in [7, 11) is 0. The van der Waals surface area contributed by atoms with Crippen LogP contribution in [0, 0.1) is 18.7 Å². The highest BCUT2D eigenvalue weighted by atomic mass is 19.1. The van der Waals surface area contributed by atoms with E-state index in [9.17, 15) is 57.8 Å². The number of hydrogen-bond acceptors (Lipinski definition) is 16. The van der Waals surface area contributed by atoms with E-state index in [4.69, 9.17) is 19.6 Å². The highest BCUT2D eigenvalue weighted by Crippen LogP contribution is 2.46. The number of carboxylic acid groups (broad SMARTS) is 1. The maximum atomic E-state index is 15.5. The van der Waals surface area contributed by atoms with Crippen molar-refractivity contribution in [3.8, 4) is 11.4 Å². The number of ether oxygens (including phenoxy) is 2. The number of aryl methyl sites for hydroxylation is 1. The fourth-order valence-corrected chi connectivity index (χ4v) is 10.6. The molecule has 5 heterocycles. The highest BCUT2D eigenvalue weighted by Gasteiger charge is 2.46. The van der Waals surface area contributed by atoms with Crippen molar-refractivity contribution in [3.05, 3.63) is 110 Å². The molecule has 81 heavy (non-hydrogen) atoms. The number of pyridine rings is 2. The third-order valence-electron chi connectivity index (χ3n) is 15.1. The fraction of sp³-hybridized carbons (Fsp3) is 0.418. The number of fused-ring (bicyclic) bond motifs is 5. The Balaban J connectivity index is 0.811. The summed E-state index contributed by atoms with van der Waals surface area (Å²) >= 11 is 0. The zero-order valence-corrected chi connectivity index (χ0v) is 44.1. The molecule has 0 saturated heterocycles. The maximum Gasteiger partial charge on any atom is 0.343 e.